The first-order valence-electron chi connectivity index (χ1n) is 10.2. The van der Waals surface area contributed by atoms with E-state index < -0.39 is 0 Å². The van der Waals surface area contributed by atoms with Crippen LogP contribution in [-0.4, -0.2) is 57.4 Å². The van der Waals surface area contributed by atoms with Crippen molar-refractivity contribution in [1.82, 2.24) is 19.8 Å². The van der Waals surface area contributed by atoms with E-state index in [1.165, 1.54) is 29.7 Å². The van der Waals surface area contributed by atoms with E-state index in [2.05, 4.69) is 27.0 Å². The van der Waals surface area contributed by atoms with Gasteiger partial charge < -0.3 is 9.64 Å². The largest absolute Gasteiger partial charge is 0.431 e. The lowest BCUT2D eigenvalue weighted by atomic mass is 10.1. The zero-order valence-electron chi connectivity index (χ0n) is 16.5. The number of carbonyl (C=O) groups excluding carboxylic acids is 1. The van der Waals surface area contributed by atoms with Crippen LogP contribution in [0.15, 0.2) is 42.6 Å². The molecule has 2 bridgehead atoms. The molecule has 0 N–H and O–H groups in total. The maximum absolute atomic E-state index is 11.7. The zero-order valence-corrected chi connectivity index (χ0v) is 17.3. The van der Waals surface area contributed by atoms with Gasteiger partial charge in [-0.05, 0) is 49.1 Å². The van der Waals surface area contributed by atoms with E-state index >= 15 is 0 Å². The molecule has 0 saturated carbocycles. The summed E-state index contributed by atoms with van der Waals surface area (Å²) in [5.41, 5.74) is 2.03. The van der Waals surface area contributed by atoms with E-state index in [0.717, 1.165) is 42.2 Å². The van der Waals surface area contributed by atoms with Gasteiger partial charge in [0, 0.05) is 44.8 Å². The monoisotopic (exact) mass is 408 g/mol. The molecule has 2 saturated heterocycles. The van der Waals surface area contributed by atoms with Gasteiger partial charge in [-0.2, -0.15) is 4.98 Å². The summed E-state index contributed by atoms with van der Waals surface area (Å²) in [5, 5.41) is 0.617. The van der Waals surface area contributed by atoms with Crippen molar-refractivity contribution in [3.05, 3.63) is 48.2 Å². The number of aromatic nitrogens is 2. The molecule has 2 atom stereocenters. The second kappa shape index (κ2) is 7.72. The van der Waals surface area contributed by atoms with Crippen LogP contribution in [0.1, 0.15) is 25.3 Å². The molecule has 2 aliphatic rings. The summed E-state index contributed by atoms with van der Waals surface area (Å²) in [6, 6.07) is 13.2. The average molecular weight is 409 g/mol. The molecule has 0 aliphatic carbocycles. The lowest BCUT2D eigenvalue weighted by Gasteiger charge is -2.40. The van der Waals surface area contributed by atoms with Gasteiger partial charge in [-0.15, -0.1) is 0 Å². The minimum Gasteiger partial charge on any atom is -0.431 e. The highest BCUT2D eigenvalue weighted by Crippen LogP contribution is 2.32. The molecule has 1 aromatic carbocycles. The Kier molecular flexibility index (Phi) is 4.93. The van der Waals surface area contributed by atoms with Crippen LogP contribution in [0.4, 0.5) is 0 Å². The number of pyridine rings is 1. The lowest BCUT2D eigenvalue weighted by molar-refractivity contribution is -0.132. The number of hydrogen-bond acceptors (Lipinski definition) is 6. The number of piperazine rings is 1. The minimum atomic E-state index is 0.209. The summed E-state index contributed by atoms with van der Waals surface area (Å²) in [6.45, 7) is 4.50. The third-order valence-electron chi connectivity index (χ3n) is 6.01. The van der Waals surface area contributed by atoms with Gasteiger partial charge in [0.15, 0.2) is 5.65 Å². The molecule has 29 heavy (non-hydrogen) atoms. The van der Waals surface area contributed by atoms with Crippen molar-refractivity contribution in [1.29, 1.82) is 0 Å². The van der Waals surface area contributed by atoms with Crippen LogP contribution in [0, 0.1) is 0 Å². The van der Waals surface area contributed by atoms with Crippen LogP contribution in [0.5, 0.6) is 10.9 Å². The number of carbonyl (C=O) groups is 1. The smallest absolute Gasteiger partial charge is 0.281 e. The number of hydrogen-bond donors (Lipinski definition) is 0. The maximum Gasteiger partial charge on any atom is 0.281 e. The Bertz CT molecular complexity index is 972. The van der Waals surface area contributed by atoms with Crippen molar-refractivity contribution in [2.75, 3.05) is 19.6 Å². The van der Waals surface area contributed by atoms with Gasteiger partial charge in [0.2, 0.25) is 5.91 Å². The first-order valence-corrected chi connectivity index (χ1v) is 11.0. The van der Waals surface area contributed by atoms with Gasteiger partial charge in [-0.25, -0.2) is 4.98 Å². The second-order valence-electron chi connectivity index (χ2n) is 7.85. The van der Waals surface area contributed by atoms with Crippen LogP contribution in [0.3, 0.4) is 0 Å². The van der Waals surface area contributed by atoms with Gasteiger partial charge in [0.25, 0.3) is 5.19 Å². The van der Waals surface area contributed by atoms with Crippen molar-refractivity contribution in [2.24, 2.45) is 0 Å². The van der Waals surface area contributed by atoms with Crippen LogP contribution in [0.2, 0.25) is 0 Å². The highest BCUT2D eigenvalue weighted by atomic mass is 32.1. The first kappa shape index (κ1) is 18.5. The number of likely N-dealkylation sites (tertiary alicyclic amines) is 1. The first-order chi connectivity index (χ1) is 14.2. The number of benzene rings is 1. The Hall–Kier alpha value is -2.51. The van der Waals surface area contributed by atoms with Crippen LogP contribution < -0.4 is 4.74 Å². The fraction of sp³-hybridized carbons (Fsp3) is 0.409. The van der Waals surface area contributed by atoms with Crippen molar-refractivity contribution in [3.8, 4) is 10.9 Å². The molecule has 0 spiro atoms. The van der Waals surface area contributed by atoms with Gasteiger partial charge in [-0.3, -0.25) is 9.69 Å². The number of ether oxygens (including phenoxy) is 1. The molecule has 150 valence electrons. The average Bonchev–Trinajstić information content (AvgIpc) is 3.23. The molecule has 2 fully saturated rings. The summed E-state index contributed by atoms with van der Waals surface area (Å²) in [6.07, 6.45) is 5.17. The fourth-order valence-corrected chi connectivity index (χ4v) is 5.28. The Labute approximate surface area is 174 Å². The third-order valence-corrected chi connectivity index (χ3v) is 6.90. The zero-order chi connectivity index (χ0) is 19.8. The minimum absolute atomic E-state index is 0.209. The van der Waals surface area contributed by atoms with Gasteiger partial charge in [-0.1, -0.05) is 23.5 Å². The molecular formula is C22H24N4O2S. The van der Waals surface area contributed by atoms with Gasteiger partial charge in [0.05, 0.1) is 4.70 Å². The van der Waals surface area contributed by atoms with E-state index in [-0.39, 0.29) is 5.91 Å². The van der Waals surface area contributed by atoms with Crippen LogP contribution in [-0.2, 0) is 11.2 Å². The maximum atomic E-state index is 11.7. The molecule has 5 rings (SSSR count). The van der Waals surface area contributed by atoms with E-state index in [9.17, 15) is 4.79 Å². The SMILES string of the molecule is CC(=O)N1CC2CC[C@@H](C1)N2CCc1ccc(Oc2nc3ncccc3s2)cc1. The highest BCUT2D eigenvalue weighted by molar-refractivity contribution is 7.20. The highest BCUT2D eigenvalue weighted by Gasteiger charge is 2.40. The third kappa shape index (κ3) is 3.84. The molecule has 0 radical (unpaired) electrons. The Morgan fingerprint density at radius 3 is 2.62 bits per heavy atom. The summed E-state index contributed by atoms with van der Waals surface area (Å²) in [4.78, 5) is 25.0. The number of thiazole rings is 1. The van der Waals surface area contributed by atoms with Crippen molar-refractivity contribution in [3.63, 3.8) is 0 Å². The molecule has 7 heteroatoms. The second-order valence-corrected chi connectivity index (χ2v) is 8.84. The molecule has 2 aromatic heterocycles. The molecule has 1 amide bonds. The Morgan fingerprint density at radius 1 is 1.17 bits per heavy atom. The van der Waals surface area contributed by atoms with E-state index in [1.807, 2.05) is 29.2 Å². The standard InChI is InChI=1S/C22H24N4O2S/c1-15(27)25-13-17-6-7-18(14-25)26(17)12-10-16-4-8-19(9-5-16)28-22-24-21-20(29-22)3-2-11-23-21/h2-5,8-9,11,17-18H,6-7,10,12-14H2,1H3/t17-,18?/m0/s1. The van der Waals surface area contributed by atoms with Crippen LogP contribution in [0.25, 0.3) is 10.3 Å². The summed E-state index contributed by atoms with van der Waals surface area (Å²) in [5.74, 6) is 1.00. The Balaban J connectivity index is 1.19. The Morgan fingerprint density at radius 2 is 1.93 bits per heavy atom. The quantitative estimate of drug-likeness (QED) is 0.644. The summed E-state index contributed by atoms with van der Waals surface area (Å²) < 4.78 is 6.94. The topological polar surface area (TPSA) is 58.6 Å². The fourth-order valence-electron chi connectivity index (χ4n) is 4.49. The molecule has 1 unspecified atom stereocenters. The van der Waals surface area contributed by atoms with Gasteiger partial charge in [0.1, 0.15) is 5.75 Å². The van der Waals surface area contributed by atoms with E-state index in [4.69, 9.17) is 4.74 Å². The molecule has 2 aliphatic heterocycles. The number of amides is 1. The molecule has 6 nitrogen and oxygen atoms in total. The van der Waals surface area contributed by atoms with E-state index in [1.54, 1.807) is 13.1 Å². The lowest BCUT2D eigenvalue weighted by Crippen LogP contribution is -2.55. The summed E-state index contributed by atoms with van der Waals surface area (Å²) >= 11 is 1.50. The van der Waals surface area contributed by atoms with Crippen molar-refractivity contribution >= 4 is 27.6 Å². The van der Waals surface area contributed by atoms with Crippen LogP contribution >= 0.6 is 11.3 Å². The molecule has 4 heterocycles. The normalized spacial score (nSPS) is 21.6. The molecular weight excluding hydrogens is 384 g/mol. The van der Waals surface area contributed by atoms with Gasteiger partial charge >= 0.3 is 0 Å². The number of fused-ring (bicyclic) bond motifs is 3. The predicted octanol–water partition coefficient (Wildman–Crippen LogP) is 3.72. The molecule has 3 aromatic rings. The predicted molar refractivity (Wildman–Crippen MR) is 113 cm³/mol. The number of rotatable bonds is 5. The number of nitrogens with zero attached hydrogens (tertiary/aromatic N) is 4. The van der Waals surface area contributed by atoms with E-state index in [0.29, 0.717) is 17.3 Å². The van der Waals surface area contributed by atoms with Crippen molar-refractivity contribution in [2.45, 2.75) is 38.3 Å². The summed E-state index contributed by atoms with van der Waals surface area (Å²) in [7, 11) is 0. The van der Waals surface area contributed by atoms with Crippen molar-refractivity contribution < 1.29 is 9.53 Å².